The summed E-state index contributed by atoms with van der Waals surface area (Å²) in [6, 6.07) is 4.22. The highest BCUT2D eigenvalue weighted by molar-refractivity contribution is 9.11. The lowest BCUT2D eigenvalue weighted by Crippen LogP contribution is -2.39. The van der Waals surface area contributed by atoms with E-state index >= 15 is 0 Å². The minimum Gasteiger partial charge on any atom is -0.374 e. The summed E-state index contributed by atoms with van der Waals surface area (Å²) in [5, 5.41) is 6.65. The molecule has 4 nitrogen and oxygen atoms in total. The third kappa shape index (κ3) is 2.98. The SMILES string of the molecule is CN1C=C(Br)C=C(Nc2ccc(C3CNC3)cn2)C1. The zero-order valence-electron chi connectivity index (χ0n) is 10.9. The van der Waals surface area contributed by atoms with Crippen molar-refractivity contribution in [3.8, 4) is 0 Å². The molecule has 0 bridgehead atoms. The van der Waals surface area contributed by atoms with Gasteiger partial charge in [-0.25, -0.2) is 4.98 Å². The van der Waals surface area contributed by atoms with Crippen LogP contribution in [0, 0.1) is 0 Å². The van der Waals surface area contributed by atoms with Gasteiger partial charge in [-0.15, -0.1) is 0 Å². The van der Waals surface area contributed by atoms with Gasteiger partial charge < -0.3 is 15.5 Å². The number of aromatic nitrogens is 1. The van der Waals surface area contributed by atoms with Crippen LogP contribution in [-0.4, -0.2) is 36.6 Å². The summed E-state index contributed by atoms with van der Waals surface area (Å²) in [7, 11) is 2.05. The molecule has 19 heavy (non-hydrogen) atoms. The van der Waals surface area contributed by atoms with Gasteiger partial charge in [-0.2, -0.15) is 0 Å². The van der Waals surface area contributed by atoms with Gasteiger partial charge in [-0.1, -0.05) is 6.07 Å². The molecule has 2 aliphatic rings. The van der Waals surface area contributed by atoms with Crippen molar-refractivity contribution in [2.45, 2.75) is 5.92 Å². The lowest BCUT2D eigenvalue weighted by atomic mass is 9.95. The predicted molar refractivity (Wildman–Crippen MR) is 81.2 cm³/mol. The molecule has 5 heteroatoms. The number of nitrogens with one attached hydrogen (secondary N) is 2. The van der Waals surface area contributed by atoms with Gasteiger partial charge in [0.1, 0.15) is 5.82 Å². The molecule has 0 aliphatic carbocycles. The molecule has 0 amide bonds. The summed E-state index contributed by atoms with van der Waals surface area (Å²) in [5.74, 6) is 1.54. The Balaban J connectivity index is 1.68. The van der Waals surface area contributed by atoms with Crippen LogP contribution in [0.2, 0.25) is 0 Å². The Bertz CT molecular complexity index is 517. The third-order valence-corrected chi connectivity index (χ3v) is 3.84. The molecule has 0 aromatic carbocycles. The second-order valence-electron chi connectivity index (χ2n) is 5.06. The summed E-state index contributed by atoms with van der Waals surface area (Å²) >= 11 is 3.51. The van der Waals surface area contributed by atoms with Crippen molar-refractivity contribution in [1.82, 2.24) is 15.2 Å². The van der Waals surface area contributed by atoms with Gasteiger partial charge >= 0.3 is 0 Å². The molecule has 0 radical (unpaired) electrons. The number of rotatable bonds is 3. The average Bonchev–Trinajstić information content (AvgIpc) is 2.28. The van der Waals surface area contributed by atoms with Crippen molar-refractivity contribution >= 4 is 21.7 Å². The molecular weight excluding hydrogens is 304 g/mol. The molecule has 3 heterocycles. The summed E-state index contributed by atoms with van der Waals surface area (Å²) in [5.41, 5.74) is 2.46. The van der Waals surface area contributed by atoms with Crippen LogP contribution < -0.4 is 10.6 Å². The Kier molecular flexibility index (Phi) is 3.57. The first-order valence-electron chi connectivity index (χ1n) is 6.42. The number of hydrogen-bond donors (Lipinski definition) is 2. The topological polar surface area (TPSA) is 40.2 Å². The highest BCUT2D eigenvalue weighted by atomic mass is 79.9. The van der Waals surface area contributed by atoms with E-state index in [1.165, 1.54) is 5.56 Å². The van der Waals surface area contributed by atoms with Crippen molar-refractivity contribution in [3.63, 3.8) is 0 Å². The maximum Gasteiger partial charge on any atom is 0.130 e. The van der Waals surface area contributed by atoms with Crippen molar-refractivity contribution in [2.75, 3.05) is 32.0 Å². The van der Waals surface area contributed by atoms with E-state index in [1.54, 1.807) is 0 Å². The number of allylic oxidation sites excluding steroid dienone is 2. The number of hydrogen-bond acceptors (Lipinski definition) is 4. The Morgan fingerprint density at radius 3 is 2.84 bits per heavy atom. The zero-order valence-corrected chi connectivity index (χ0v) is 12.4. The van der Waals surface area contributed by atoms with E-state index in [1.807, 2.05) is 6.20 Å². The van der Waals surface area contributed by atoms with Gasteiger partial charge in [0.05, 0.1) is 6.54 Å². The van der Waals surface area contributed by atoms with Gasteiger partial charge in [0, 0.05) is 48.6 Å². The van der Waals surface area contributed by atoms with Gasteiger partial charge in [0.15, 0.2) is 0 Å². The van der Waals surface area contributed by atoms with Crippen LogP contribution in [0.25, 0.3) is 0 Å². The number of nitrogens with zero attached hydrogens (tertiary/aromatic N) is 2. The van der Waals surface area contributed by atoms with Crippen molar-refractivity contribution in [1.29, 1.82) is 0 Å². The second-order valence-corrected chi connectivity index (χ2v) is 5.97. The van der Waals surface area contributed by atoms with Crippen molar-refractivity contribution in [2.24, 2.45) is 0 Å². The summed E-state index contributed by atoms with van der Waals surface area (Å²) < 4.78 is 1.07. The molecule has 0 unspecified atom stereocenters. The Labute approximate surface area is 121 Å². The first-order chi connectivity index (χ1) is 9.20. The van der Waals surface area contributed by atoms with E-state index in [0.29, 0.717) is 5.92 Å². The fourth-order valence-electron chi connectivity index (χ4n) is 2.26. The minimum absolute atomic E-state index is 0.638. The molecule has 0 saturated carbocycles. The molecule has 1 fully saturated rings. The van der Waals surface area contributed by atoms with Crippen LogP contribution in [0.4, 0.5) is 5.82 Å². The van der Waals surface area contributed by atoms with Crippen LogP contribution >= 0.6 is 15.9 Å². The largest absolute Gasteiger partial charge is 0.374 e. The number of pyridine rings is 1. The Morgan fingerprint density at radius 2 is 2.26 bits per heavy atom. The smallest absolute Gasteiger partial charge is 0.130 e. The quantitative estimate of drug-likeness (QED) is 0.896. The van der Waals surface area contributed by atoms with Crippen LogP contribution in [0.1, 0.15) is 11.5 Å². The van der Waals surface area contributed by atoms with Gasteiger partial charge in [0.25, 0.3) is 0 Å². The lowest BCUT2D eigenvalue weighted by molar-refractivity contribution is 0.447. The predicted octanol–water partition coefficient (Wildman–Crippen LogP) is 2.25. The second kappa shape index (κ2) is 5.35. The maximum absolute atomic E-state index is 4.49. The molecule has 2 N–H and O–H groups in total. The van der Waals surface area contributed by atoms with E-state index in [4.69, 9.17) is 0 Å². The third-order valence-electron chi connectivity index (χ3n) is 3.40. The monoisotopic (exact) mass is 320 g/mol. The van der Waals surface area contributed by atoms with Crippen LogP contribution in [0.5, 0.6) is 0 Å². The van der Waals surface area contributed by atoms with Crippen LogP contribution in [-0.2, 0) is 0 Å². The van der Waals surface area contributed by atoms with Gasteiger partial charge in [-0.3, -0.25) is 0 Å². The van der Waals surface area contributed by atoms with Crippen molar-refractivity contribution in [3.05, 3.63) is 46.3 Å². The lowest BCUT2D eigenvalue weighted by Gasteiger charge is -2.27. The first kappa shape index (κ1) is 12.7. The fraction of sp³-hybridized carbons (Fsp3) is 0.357. The number of likely N-dealkylation sites (N-methyl/N-ethyl adjacent to an activating group) is 1. The molecular formula is C14H17BrN4. The normalized spacial score (nSPS) is 19.6. The van der Waals surface area contributed by atoms with Gasteiger partial charge in [0.2, 0.25) is 0 Å². The number of anilines is 1. The molecule has 0 spiro atoms. The molecule has 1 aromatic heterocycles. The van der Waals surface area contributed by atoms with E-state index in [2.05, 4.69) is 67.9 Å². The highest BCUT2D eigenvalue weighted by Crippen LogP contribution is 2.22. The number of halogens is 1. The summed E-state index contributed by atoms with van der Waals surface area (Å²) in [6.07, 6.45) is 6.13. The molecule has 2 aliphatic heterocycles. The van der Waals surface area contributed by atoms with Crippen molar-refractivity contribution < 1.29 is 0 Å². The minimum atomic E-state index is 0.638. The molecule has 3 rings (SSSR count). The van der Waals surface area contributed by atoms with E-state index in [9.17, 15) is 0 Å². The molecule has 1 aromatic rings. The van der Waals surface area contributed by atoms with E-state index in [0.717, 1.165) is 35.6 Å². The molecule has 0 atom stereocenters. The fourth-order valence-corrected chi connectivity index (χ4v) is 2.89. The molecule has 1 saturated heterocycles. The van der Waals surface area contributed by atoms with E-state index in [-0.39, 0.29) is 0 Å². The Hall–Kier alpha value is -1.33. The molecule has 100 valence electrons. The highest BCUT2D eigenvalue weighted by Gasteiger charge is 2.18. The van der Waals surface area contributed by atoms with Crippen LogP contribution in [0.15, 0.2) is 40.8 Å². The standard InChI is InChI=1S/C14H17BrN4/c1-19-8-12(15)4-13(9-19)18-14-3-2-10(7-17-14)11-5-16-6-11/h2-4,7-8,11,16H,5-6,9H2,1H3,(H,17,18). The summed E-state index contributed by atoms with van der Waals surface area (Å²) in [6.45, 7) is 3.01. The maximum atomic E-state index is 4.49. The first-order valence-corrected chi connectivity index (χ1v) is 7.22. The Morgan fingerprint density at radius 1 is 1.42 bits per heavy atom. The van der Waals surface area contributed by atoms with E-state index < -0.39 is 0 Å². The van der Waals surface area contributed by atoms with Gasteiger partial charge in [-0.05, 0) is 33.6 Å². The summed E-state index contributed by atoms with van der Waals surface area (Å²) in [4.78, 5) is 6.62. The zero-order chi connectivity index (χ0) is 13.2. The van der Waals surface area contributed by atoms with Crippen LogP contribution in [0.3, 0.4) is 0 Å². The average molecular weight is 321 g/mol.